The van der Waals surface area contributed by atoms with Crippen LogP contribution < -0.4 is 10.1 Å². The summed E-state index contributed by atoms with van der Waals surface area (Å²) in [5, 5.41) is 3.73. The van der Waals surface area contributed by atoms with Crippen molar-refractivity contribution >= 4 is 34.9 Å². The third-order valence-electron chi connectivity index (χ3n) is 7.44. The molecule has 0 atom stereocenters. The van der Waals surface area contributed by atoms with E-state index in [9.17, 15) is 4.79 Å². The number of fused-ring (bicyclic) bond motifs is 3. The summed E-state index contributed by atoms with van der Waals surface area (Å²) in [7, 11) is 5.54. The van der Waals surface area contributed by atoms with Gasteiger partial charge >= 0.3 is 0 Å². The van der Waals surface area contributed by atoms with Gasteiger partial charge in [-0.25, -0.2) is 14.4 Å². The van der Waals surface area contributed by atoms with Crippen LogP contribution in [0.3, 0.4) is 0 Å². The summed E-state index contributed by atoms with van der Waals surface area (Å²) in [6.45, 7) is 1.66. The van der Waals surface area contributed by atoms with Gasteiger partial charge in [0, 0.05) is 58.3 Å². The highest BCUT2D eigenvalue weighted by Gasteiger charge is 2.32. The number of nitrogens with zero attached hydrogens (tertiary/aromatic N) is 5. The van der Waals surface area contributed by atoms with E-state index >= 15 is 4.39 Å². The lowest BCUT2D eigenvalue weighted by molar-refractivity contribution is 0.0399. The molecule has 10 heteroatoms. The standard InChI is InChI=1S/C31H28ClFN6O2.CH4/c1-38(2)22-16-39(17-22)30(40)18-6-4-7-21(12-18)36-31-35-15-19-14-34-29(27-25(33)8-5-9-26(27)41-3)24-13-20(32)10-11-23(24)28(19)37-31;/h4-13,15,22H,14,16-17H2,1-3H3,(H,35,36,37);1H4. The van der Waals surface area contributed by atoms with E-state index in [2.05, 4.69) is 15.2 Å². The number of halogens is 2. The minimum absolute atomic E-state index is 0. The van der Waals surface area contributed by atoms with Crippen molar-refractivity contribution < 1.29 is 13.9 Å². The molecule has 0 aliphatic carbocycles. The van der Waals surface area contributed by atoms with Crippen molar-refractivity contribution in [1.29, 1.82) is 0 Å². The molecule has 1 N–H and O–H groups in total. The Morgan fingerprint density at radius 1 is 1.10 bits per heavy atom. The summed E-state index contributed by atoms with van der Waals surface area (Å²) in [4.78, 5) is 31.1. The number of likely N-dealkylation sites (N-methyl/N-ethyl adjacent to an activating group) is 1. The maximum atomic E-state index is 15.1. The van der Waals surface area contributed by atoms with Gasteiger partial charge in [0.05, 0.1) is 30.6 Å². The number of nitrogens with one attached hydrogen (secondary N) is 1. The van der Waals surface area contributed by atoms with Crippen LogP contribution in [0.4, 0.5) is 16.0 Å². The maximum absolute atomic E-state index is 15.1. The van der Waals surface area contributed by atoms with Crippen LogP contribution in [0.15, 0.2) is 71.9 Å². The number of aliphatic imine (C=N–C) groups is 1. The molecule has 3 heterocycles. The van der Waals surface area contributed by atoms with Crippen LogP contribution in [-0.4, -0.2) is 71.7 Å². The lowest BCUT2D eigenvalue weighted by atomic mass is 9.94. The number of carbonyl (C=O) groups is 1. The molecule has 8 nitrogen and oxygen atoms in total. The minimum atomic E-state index is -0.446. The predicted octanol–water partition coefficient (Wildman–Crippen LogP) is 6.06. The number of carbonyl (C=O) groups excluding carboxylic acids is 1. The Morgan fingerprint density at radius 3 is 2.64 bits per heavy atom. The third kappa shape index (κ3) is 5.45. The molecular weight excluding hydrogens is 555 g/mol. The number of hydrogen-bond donors (Lipinski definition) is 1. The molecule has 1 amide bonds. The Hall–Kier alpha value is -4.34. The second-order valence-electron chi connectivity index (χ2n) is 10.3. The van der Waals surface area contributed by atoms with Crippen LogP contribution in [0, 0.1) is 5.82 Å². The fourth-order valence-corrected chi connectivity index (χ4v) is 5.26. The maximum Gasteiger partial charge on any atom is 0.254 e. The molecule has 0 saturated carbocycles. The van der Waals surface area contributed by atoms with E-state index in [4.69, 9.17) is 26.3 Å². The highest BCUT2D eigenvalue weighted by atomic mass is 35.5. The van der Waals surface area contributed by atoms with E-state index in [1.807, 2.05) is 43.3 Å². The molecule has 42 heavy (non-hydrogen) atoms. The van der Waals surface area contributed by atoms with Crippen molar-refractivity contribution in [3.63, 3.8) is 0 Å². The van der Waals surface area contributed by atoms with Gasteiger partial charge in [0.15, 0.2) is 0 Å². The largest absolute Gasteiger partial charge is 0.496 e. The summed E-state index contributed by atoms with van der Waals surface area (Å²) >= 11 is 6.40. The van der Waals surface area contributed by atoms with Gasteiger partial charge in [-0.15, -0.1) is 0 Å². The predicted molar refractivity (Wildman–Crippen MR) is 165 cm³/mol. The van der Waals surface area contributed by atoms with E-state index in [0.717, 1.165) is 11.1 Å². The fourth-order valence-electron chi connectivity index (χ4n) is 5.09. The summed E-state index contributed by atoms with van der Waals surface area (Å²) in [6.07, 6.45) is 1.71. The van der Waals surface area contributed by atoms with Gasteiger partial charge < -0.3 is 19.9 Å². The molecule has 216 valence electrons. The quantitative estimate of drug-likeness (QED) is 0.296. The molecule has 1 saturated heterocycles. The third-order valence-corrected chi connectivity index (χ3v) is 7.68. The summed E-state index contributed by atoms with van der Waals surface area (Å²) in [5.74, 6) is 0.281. The molecule has 0 bridgehead atoms. The first kappa shape index (κ1) is 29.2. The van der Waals surface area contributed by atoms with E-state index in [1.165, 1.54) is 13.2 Å². The first-order chi connectivity index (χ1) is 19.8. The second kappa shape index (κ2) is 11.9. The summed E-state index contributed by atoms with van der Waals surface area (Å²) in [6, 6.07) is 17.8. The Bertz CT molecular complexity index is 1690. The number of ether oxygens (including phenoxy) is 1. The number of likely N-dealkylation sites (tertiary alicyclic amines) is 1. The van der Waals surface area contributed by atoms with E-state index < -0.39 is 5.82 Å². The van der Waals surface area contributed by atoms with Crippen molar-refractivity contribution in [3.05, 3.63) is 100.0 Å². The highest BCUT2D eigenvalue weighted by Crippen LogP contribution is 2.36. The van der Waals surface area contributed by atoms with Crippen molar-refractivity contribution in [2.24, 2.45) is 4.99 Å². The zero-order valence-corrected chi connectivity index (χ0v) is 23.6. The van der Waals surface area contributed by atoms with Crippen LogP contribution in [0.5, 0.6) is 5.75 Å². The first-order valence-corrected chi connectivity index (χ1v) is 13.6. The van der Waals surface area contributed by atoms with E-state index in [1.54, 1.807) is 36.5 Å². The Morgan fingerprint density at radius 2 is 1.88 bits per heavy atom. The fraction of sp³-hybridized carbons (Fsp3) is 0.250. The van der Waals surface area contributed by atoms with Crippen LogP contribution in [0.1, 0.15) is 34.5 Å². The molecule has 1 aromatic heterocycles. The van der Waals surface area contributed by atoms with Gasteiger partial charge in [-0.05, 0) is 56.6 Å². The average molecular weight is 587 g/mol. The van der Waals surface area contributed by atoms with Crippen LogP contribution >= 0.6 is 11.6 Å². The monoisotopic (exact) mass is 586 g/mol. The number of hydrogen-bond acceptors (Lipinski definition) is 7. The normalized spacial score (nSPS) is 14.1. The van der Waals surface area contributed by atoms with Crippen molar-refractivity contribution in [1.82, 2.24) is 19.8 Å². The van der Waals surface area contributed by atoms with Gasteiger partial charge in [-0.2, -0.15) is 0 Å². The molecule has 6 rings (SSSR count). The van der Waals surface area contributed by atoms with Crippen molar-refractivity contribution in [2.75, 3.05) is 39.6 Å². The van der Waals surface area contributed by atoms with Crippen molar-refractivity contribution in [3.8, 4) is 17.0 Å². The highest BCUT2D eigenvalue weighted by molar-refractivity contribution is 6.31. The number of benzene rings is 3. The van der Waals surface area contributed by atoms with Gasteiger partial charge in [0.25, 0.3) is 5.91 Å². The van der Waals surface area contributed by atoms with Crippen molar-refractivity contribution in [2.45, 2.75) is 20.0 Å². The Balaban J connectivity index is 0.00000353. The molecule has 0 radical (unpaired) electrons. The average Bonchev–Trinajstić information content (AvgIpc) is 3.08. The van der Waals surface area contributed by atoms with Gasteiger partial charge in [-0.1, -0.05) is 37.2 Å². The summed E-state index contributed by atoms with van der Waals surface area (Å²) in [5.41, 5.74) is 4.80. The number of rotatable bonds is 6. The smallest absolute Gasteiger partial charge is 0.254 e. The molecule has 2 aliphatic rings. The van der Waals surface area contributed by atoms with Gasteiger partial charge in [0.1, 0.15) is 11.6 Å². The van der Waals surface area contributed by atoms with E-state index in [0.29, 0.717) is 64.1 Å². The summed E-state index contributed by atoms with van der Waals surface area (Å²) < 4.78 is 20.6. The topological polar surface area (TPSA) is 83.0 Å². The Labute approximate surface area is 249 Å². The molecule has 4 aromatic rings. The molecular formula is C32H32ClFN6O2. The van der Waals surface area contributed by atoms with Crippen LogP contribution in [0.25, 0.3) is 11.3 Å². The number of anilines is 2. The lowest BCUT2D eigenvalue weighted by Gasteiger charge is -2.42. The second-order valence-corrected chi connectivity index (χ2v) is 10.7. The zero-order valence-electron chi connectivity index (χ0n) is 22.9. The molecule has 2 aliphatic heterocycles. The molecule has 3 aromatic carbocycles. The number of aromatic nitrogens is 2. The number of amides is 1. The first-order valence-electron chi connectivity index (χ1n) is 13.2. The zero-order chi connectivity index (χ0) is 28.7. The Kier molecular flexibility index (Phi) is 8.24. The molecule has 0 spiro atoms. The van der Waals surface area contributed by atoms with Crippen LogP contribution in [-0.2, 0) is 6.54 Å². The molecule has 0 unspecified atom stereocenters. The van der Waals surface area contributed by atoms with Crippen LogP contribution in [0.2, 0.25) is 5.02 Å². The van der Waals surface area contributed by atoms with E-state index in [-0.39, 0.29) is 25.4 Å². The lowest BCUT2D eigenvalue weighted by Crippen LogP contribution is -2.59. The number of methoxy groups -OCH3 is 1. The van der Waals surface area contributed by atoms with Gasteiger partial charge in [0.2, 0.25) is 5.95 Å². The minimum Gasteiger partial charge on any atom is -0.496 e. The molecule has 1 fully saturated rings. The van der Waals surface area contributed by atoms with Gasteiger partial charge in [-0.3, -0.25) is 9.79 Å². The SMILES string of the molecule is C.COc1cccc(F)c1C1=NCc2cnc(Nc3cccc(C(=O)N4CC(N(C)C)C4)c3)nc2-c2ccc(Cl)cc21.